The topological polar surface area (TPSA) is 66.0 Å². The normalized spacial score (nSPS) is 18.6. The average molecular weight is 403 g/mol. The van der Waals surface area contributed by atoms with Crippen LogP contribution < -0.4 is 0 Å². The highest BCUT2D eigenvalue weighted by molar-refractivity contribution is 7.84. The zero-order valence-corrected chi connectivity index (χ0v) is 16.8. The first-order valence-corrected chi connectivity index (χ1v) is 11.2. The summed E-state index contributed by atoms with van der Waals surface area (Å²) in [6.45, 7) is 0. The number of nitrogens with zero attached hydrogens (tertiary/aromatic N) is 1. The number of H-pyrrole nitrogens is 1. The van der Waals surface area contributed by atoms with E-state index in [1.165, 1.54) is 12.8 Å². The molecule has 2 N–H and O–H groups in total. The van der Waals surface area contributed by atoms with Gasteiger partial charge >= 0.3 is 0 Å². The van der Waals surface area contributed by atoms with Gasteiger partial charge in [0.2, 0.25) is 0 Å². The van der Waals surface area contributed by atoms with Gasteiger partial charge in [-0.05, 0) is 48.2 Å². The second-order valence-electron chi connectivity index (χ2n) is 7.44. The molecule has 0 spiro atoms. The fourth-order valence-electron chi connectivity index (χ4n) is 4.19. The van der Waals surface area contributed by atoms with Crippen LogP contribution in [0.3, 0.4) is 0 Å². The van der Waals surface area contributed by atoms with E-state index in [1.807, 2.05) is 24.3 Å². The molecule has 2 heterocycles. The van der Waals surface area contributed by atoms with Crippen molar-refractivity contribution in [3.63, 3.8) is 0 Å². The minimum absolute atomic E-state index is 0.424. The number of hydrogen-bond acceptors (Lipinski definition) is 3. The number of aromatic nitrogens is 2. The van der Waals surface area contributed by atoms with Crippen LogP contribution in [0.25, 0.3) is 11.0 Å². The van der Waals surface area contributed by atoms with E-state index in [0.717, 1.165) is 35.1 Å². The average Bonchev–Trinajstić information content (AvgIpc) is 3.30. The molecular formula is C21H23ClN2O2S. The monoisotopic (exact) mass is 402 g/mol. The minimum Gasteiger partial charge on any atom is -0.379 e. The lowest BCUT2D eigenvalue weighted by Gasteiger charge is -2.31. The van der Waals surface area contributed by atoms with Crippen molar-refractivity contribution < 1.29 is 9.32 Å². The van der Waals surface area contributed by atoms with Crippen LogP contribution in [0.4, 0.5) is 0 Å². The largest absolute Gasteiger partial charge is 0.379 e. The van der Waals surface area contributed by atoms with Crippen molar-refractivity contribution in [3.05, 3.63) is 58.9 Å². The lowest BCUT2D eigenvalue weighted by molar-refractivity contribution is 0.0494. The molecule has 6 heteroatoms. The molecule has 1 aliphatic rings. The molecule has 142 valence electrons. The number of hydrogen-bond donors (Lipinski definition) is 2. The van der Waals surface area contributed by atoms with Gasteiger partial charge in [-0.15, -0.1) is 0 Å². The van der Waals surface area contributed by atoms with E-state index < -0.39 is 16.4 Å². The van der Waals surface area contributed by atoms with Gasteiger partial charge in [0.1, 0.15) is 11.2 Å². The summed E-state index contributed by atoms with van der Waals surface area (Å²) < 4.78 is 11.8. The molecular weight excluding hydrogens is 380 g/mol. The summed E-state index contributed by atoms with van der Waals surface area (Å²) in [6, 6.07) is 11.2. The lowest BCUT2D eigenvalue weighted by atomic mass is 9.81. The Bertz CT molecular complexity index is 964. The zero-order valence-electron chi connectivity index (χ0n) is 15.2. The van der Waals surface area contributed by atoms with Crippen LogP contribution in [0.5, 0.6) is 0 Å². The van der Waals surface area contributed by atoms with Crippen LogP contribution in [-0.4, -0.2) is 25.5 Å². The maximum atomic E-state index is 11.9. The van der Waals surface area contributed by atoms with E-state index in [2.05, 4.69) is 9.97 Å². The highest BCUT2D eigenvalue weighted by Gasteiger charge is 2.37. The number of rotatable bonds is 5. The summed E-state index contributed by atoms with van der Waals surface area (Å²) in [4.78, 5) is 8.25. The van der Waals surface area contributed by atoms with Crippen LogP contribution in [-0.2, 0) is 16.4 Å². The fraction of sp³-hybridized carbons (Fsp3) is 0.381. The maximum Gasteiger partial charge on any atom is 0.137 e. The second kappa shape index (κ2) is 7.38. The van der Waals surface area contributed by atoms with E-state index >= 15 is 0 Å². The van der Waals surface area contributed by atoms with Gasteiger partial charge in [0.15, 0.2) is 0 Å². The summed E-state index contributed by atoms with van der Waals surface area (Å²) >= 11 is 6.39. The molecule has 1 aliphatic carbocycles. The first-order chi connectivity index (χ1) is 13.0. The number of pyridine rings is 1. The van der Waals surface area contributed by atoms with Gasteiger partial charge in [0, 0.05) is 17.8 Å². The molecule has 0 radical (unpaired) electrons. The number of aliphatic hydroxyl groups is 1. The molecule has 1 fully saturated rings. The van der Waals surface area contributed by atoms with Crippen molar-refractivity contribution in [1.29, 1.82) is 0 Å². The van der Waals surface area contributed by atoms with Crippen LogP contribution >= 0.6 is 11.6 Å². The maximum absolute atomic E-state index is 11.9. The van der Waals surface area contributed by atoms with Gasteiger partial charge in [-0.1, -0.05) is 43.4 Å². The summed E-state index contributed by atoms with van der Waals surface area (Å²) in [5.74, 6) is 0.466. The molecule has 2 unspecified atom stereocenters. The number of fused-ring (bicyclic) bond motifs is 1. The molecule has 4 rings (SSSR count). The molecule has 0 amide bonds. The van der Waals surface area contributed by atoms with Crippen molar-refractivity contribution in [1.82, 2.24) is 9.97 Å². The molecule has 0 bridgehead atoms. The van der Waals surface area contributed by atoms with Crippen LogP contribution in [0, 0.1) is 5.92 Å². The highest BCUT2D eigenvalue weighted by Crippen LogP contribution is 2.42. The third-order valence-corrected chi connectivity index (χ3v) is 7.02. The van der Waals surface area contributed by atoms with Crippen molar-refractivity contribution in [2.75, 3.05) is 6.26 Å². The van der Waals surface area contributed by atoms with Gasteiger partial charge in [0.25, 0.3) is 0 Å². The van der Waals surface area contributed by atoms with Crippen molar-refractivity contribution in [2.24, 2.45) is 5.92 Å². The molecule has 4 nitrogen and oxygen atoms in total. The number of nitrogens with one attached hydrogen (secondary N) is 1. The number of halogens is 1. The Balaban J connectivity index is 1.82. The van der Waals surface area contributed by atoms with Gasteiger partial charge in [-0.2, -0.15) is 0 Å². The smallest absolute Gasteiger partial charge is 0.137 e. The van der Waals surface area contributed by atoms with E-state index in [0.29, 0.717) is 22.3 Å². The summed E-state index contributed by atoms with van der Waals surface area (Å²) in [5.41, 5.74) is 1.02. The Labute approximate surface area is 166 Å². The Kier molecular flexibility index (Phi) is 5.10. The highest BCUT2D eigenvalue weighted by atomic mass is 35.5. The first-order valence-electron chi connectivity index (χ1n) is 9.27. The molecule has 0 saturated heterocycles. The third kappa shape index (κ3) is 3.56. The van der Waals surface area contributed by atoms with Crippen LogP contribution in [0.15, 0.2) is 47.5 Å². The summed E-state index contributed by atoms with van der Waals surface area (Å²) in [5, 5.41) is 13.3. The number of aromatic amines is 1. The molecule has 3 aromatic rings. The van der Waals surface area contributed by atoms with E-state index in [-0.39, 0.29) is 0 Å². The second-order valence-corrected chi connectivity index (χ2v) is 9.19. The first kappa shape index (κ1) is 18.7. The van der Waals surface area contributed by atoms with Gasteiger partial charge in [-0.25, -0.2) is 4.98 Å². The van der Waals surface area contributed by atoms with Crippen LogP contribution in [0.2, 0.25) is 5.02 Å². The summed E-state index contributed by atoms with van der Waals surface area (Å²) in [7, 11) is -1.17. The van der Waals surface area contributed by atoms with E-state index in [4.69, 9.17) is 11.6 Å². The minimum atomic E-state index is -1.19. The molecule has 0 aliphatic heterocycles. The predicted molar refractivity (Wildman–Crippen MR) is 109 cm³/mol. The fourth-order valence-corrected chi connectivity index (χ4v) is 5.29. The molecule has 2 atom stereocenters. The van der Waals surface area contributed by atoms with Gasteiger partial charge < -0.3 is 10.1 Å². The Hall–Kier alpha value is -1.69. The Morgan fingerprint density at radius 3 is 2.74 bits per heavy atom. The molecule has 1 aromatic carbocycles. The van der Waals surface area contributed by atoms with E-state index in [9.17, 15) is 9.32 Å². The molecule has 1 saturated carbocycles. The molecule has 27 heavy (non-hydrogen) atoms. The third-order valence-electron chi connectivity index (χ3n) is 5.62. The van der Waals surface area contributed by atoms with Gasteiger partial charge in [-0.3, -0.25) is 4.21 Å². The predicted octanol–water partition coefficient (Wildman–Crippen LogP) is 4.77. The Morgan fingerprint density at radius 2 is 2.07 bits per heavy atom. The van der Waals surface area contributed by atoms with Crippen molar-refractivity contribution >= 4 is 33.4 Å². The van der Waals surface area contributed by atoms with Crippen molar-refractivity contribution in [2.45, 2.75) is 42.6 Å². The van der Waals surface area contributed by atoms with Crippen LogP contribution in [0.1, 0.15) is 43.4 Å². The number of benzene rings is 1. The zero-order chi connectivity index (χ0) is 19.0. The van der Waals surface area contributed by atoms with Gasteiger partial charge in [0.05, 0.1) is 26.4 Å². The van der Waals surface area contributed by atoms with Crippen molar-refractivity contribution in [3.8, 4) is 0 Å². The Morgan fingerprint density at radius 1 is 1.30 bits per heavy atom. The molecule has 2 aromatic heterocycles. The van der Waals surface area contributed by atoms with E-state index in [1.54, 1.807) is 24.6 Å². The SMILES string of the molecule is CS(=O)c1ccc(C(O)(CC2CCCC2)c2cc3cccnc3[nH]2)cc1Cl. The summed E-state index contributed by atoms with van der Waals surface area (Å²) in [6.07, 6.45) is 8.66. The standard InChI is InChI=1S/C21H23ClN2O2S/c1-27(26)18-9-8-16(12-17(18)22)21(25,13-14-5-2-3-6-14)19-11-15-7-4-10-23-20(15)24-19/h4,7-12,14,25H,2-3,5-6,13H2,1H3,(H,23,24). The lowest BCUT2D eigenvalue weighted by Crippen LogP contribution is -2.30. The quantitative estimate of drug-likeness (QED) is 0.646.